The number of pyridine rings is 1. The van der Waals surface area contributed by atoms with Crippen LogP contribution >= 0.6 is 0 Å². The second-order valence-electron chi connectivity index (χ2n) is 6.75. The Morgan fingerprint density at radius 3 is 2.28 bits per heavy atom. The lowest BCUT2D eigenvalue weighted by atomic mass is 10.1. The van der Waals surface area contributed by atoms with E-state index >= 15 is 0 Å². The van der Waals surface area contributed by atoms with Gasteiger partial charge in [0.1, 0.15) is 11.4 Å². The molecule has 0 fully saturated rings. The molecule has 1 aromatic heterocycles. The summed E-state index contributed by atoms with van der Waals surface area (Å²) in [6.07, 6.45) is 1.90. The highest BCUT2D eigenvalue weighted by molar-refractivity contribution is 5.33. The summed E-state index contributed by atoms with van der Waals surface area (Å²) in [5, 5.41) is 3.46. The van der Waals surface area contributed by atoms with Gasteiger partial charge in [-0.15, -0.1) is 0 Å². The van der Waals surface area contributed by atoms with Crippen LogP contribution in [0.5, 0.6) is 5.75 Å². The second-order valence-corrected chi connectivity index (χ2v) is 6.75. The summed E-state index contributed by atoms with van der Waals surface area (Å²) < 4.78 is 6.00. The van der Waals surface area contributed by atoms with Crippen molar-refractivity contribution < 1.29 is 4.74 Å². The van der Waals surface area contributed by atoms with Gasteiger partial charge in [0.05, 0.1) is 0 Å². The van der Waals surface area contributed by atoms with Crippen molar-refractivity contribution in [2.75, 3.05) is 0 Å². The van der Waals surface area contributed by atoms with Gasteiger partial charge in [-0.05, 0) is 48.5 Å². The topological polar surface area (TPSA) is 34.1 Å². The first-order chi connectivity index (χ1) is 8.07. The van der Waals surface area contributed by atoms with Gasteiger partial charge in [0, 0.05) is 35.6 Å². The van der Waals surface area contributed by atoms with Gasteiger partial charge in [-0.25, -0.2) is 0 Å². The highest BCUT2D eigenvalue weighted by Gasteiger charge is 2.16. The molecule has 1 heterocycles. The van der Waals surface area contributed by atoms with Crippen molar-refractivity contribution >= 4 is 0 Å². The molecular weight excluding hydrogens is 224 g/mol. The normalized spacial score (nSPS) is 12.6. The molecule has 0 aliphatic rings. The first-order valence-corrected chi connectivity index (χ1v) is 6.46. The zero-order chi connectivity index (χ0) is 14.0. The molecule has 0 atom stereocenters. The summed E-state index contributed by atoms with van der Waals surface area (Å²) in [4.78, 5) is 4.35. The minimum Gasteiger partial charge on any atom is -0.488 e. The molecule has 0 amide bonds. The average Bonchev–Trinajstić information content (AvgIpc) is 2.12. The molecule has 18 heavy (non-hydrogen) atoms. The van der Waals surface area contributed by atoms with Gasteiger partial charge in [0.15, 0.2) is 0 Å². The SMILES string of the molecule is Cc1cc(OC(C)(C)C)c(CNC(C)(C)C)cn1. The van der Waals surface area contributed by atoms with Crippen molar-refractivity contribution in [1.82, 2.24) is 10.3 Å². The van der Waals surface area contributed by atoms with Gasteiger partial charge in [0.25, 0.3) is 0 Å². The molecule has 1 rings (SSSR count). The predicted octanol–water partition coefficient (Wildman–Crippen LogP) is 3.46. The van der Waals surface area contributed by atoms with Crippen LogP contribution in [0.4, 0.5) is 0 Å². The smallest absolute Gasteiger partial charge is 0.127 e. The molecule has 0 saturated heterocycles. The molecule has 0 saturated carbocycles. The van der Waals surface area contributed by atoms with Crippen LogP contribution < -0.4 is 10.1 Å². The Morgan fingerprint density at radius 2 is 1.78 bits per heavy atom. The quantitative estimate of drug-likeness (QED) is 0.892. The van der Waals surface area contributed by atoms with E-state index < -0.39 is 0 Å². The third-order valence-electron chi connectivity index (χ3n) is 2.31. The molecule has 0 bridgehead atoms. The number of rotatable bonds is 3. The van der Waals surface area contributed by atoms with Crippen LogP contribution in [0.3, 0.4) is 0 Å². The van der Waals surface area contributed by atoms with E-state index in [1.165, 1.54) is 0 Å². The van der Waals surface area contributed by atoms with Crippen LogP contribution in [-0.4, -0.2) is 16.1 Å². The highest BCUT2D eigenvalue weighted by atomic mass is 16.5. The fourth-order valence-electron chi connectivity index (χ4n) is 1.48. The van der Waals surface area contributed by atoms with Crippen molar-refractivity contribution in [2.45, 2.75) is 66.2 Å². The van der Waals surface area contributed by atoms with E-state index in [0.29, 0.717) is 0 Å². The van der Waals surface area contributed by atoms with Gasteiger partial charge in [-0.1, -0.05) is 0 Å². The van der Waals surface area contributed by atoms with E-state index in [1.54, 1.807) is 0 Å². The molecule has 0 unspecified atom stereocenters. The van der Waals surface area contributed by atoms with Crippen LogP contribution in [0.15, 0.2) is 12.3 Å². The Bertz CT molecular complexity index is 400. The fraction of sp³-hybridized carbons (Fsp3) is 0.667. The molecule has 102 valence electrons. The maximum Gasteiger partial charge on any atom is 0.127 e. The van der Waals surface area contributed by atoms with E-state index in [4.69, 9.17) is 4.74 Å². The fourth-order valence-corrected chi connectivity index (χ4v) is 1.48. The Hall–Kier alpha value is -1.09. The van der Waals surface area contributed by atoms with Crippen molar-refractivity contribution in [3.63, 3.8) is 0 Å². The van der Waals surface area contributed by atoms with Crippen molar-refractivity contribution in [2.24, 2.45) is 0 Å². The largest absolute Gasteiger partial charge is 0.488 e. The Balaban J connectivity index is 2.90. The minimum atomic E-state index is -0.190. The first kappa shape index (κ1) is 15.0. The van der Waals surface area contributed by atoms with Gasteiger partial charge in [-0.3, -0.25) is 4.98 Å². The average molecular weight is 250 g/mol. The van der Waals surface area contributed by atoms with E-state index in [-0.39, 0.29) is 11.1 Å². The number of hydrogen-bond donors (Lipinski definition) is 1. The monoisotopic (exact) mass is 250 g/mol. The van der Waals surface area contributed by atoms with Crippen molar-refractivity contribution in [3.8, 4) is 5.75 Å². The number of aromatic nitrogens is 1. The Labute approximate surface area is 111 Å². The summed E-state index contributed by atoms with van der Waals surface area (Å²) >= 11 is 0. The first-order valence-electron chi connectivity index (χ1n) is 6.46. The standard InChI is InChI=1S/C15H26N2O/c1-11-8-13(18-15(5,6)7)12(9-16-11)10-17-14(2,3)4/h8-9,17H,10H2,1-7H3. The van der Waals surface area contributed by atoms with Gasteiger partial charge < -0.3 is 10.1 Å². The zero-order valence-electron chi connectivity index (χ0n) is 12.7. The zero-order valence-corrected chi connectivity index (χ0v) is 12.7. The van der Waals surface area contributed by atoms with Gasteiger partial charge in [0.2, 0.25) is 0 Å². The van der Waals surface area contributed by atoms with Crippen LogP contribution in [0.25, 0.3) is 0 Å². The Kier molecular flexibility index (Phi) is 4.38. The van der Waals surface area contributed by atoms with E-state index in [9.17, 15) is 0 Å². The van der Waals surface area contributed by atoms with Crippen LogP contribution in [-0.2, 0) is 6.54 Å². The Morgan fingerprint density at radius 1 is 1.17 bits per heavy atom. The molecule has 0 aliphatic heterocycles. The summed E-state index contributed by atoms with van der Waals surface area (Å²) in [7, 11) is 0. The highest BCUT2D eigenvalue weighted by Crippen LogP contribution is 2.23. The number of aryl methyl sites for hydroxylation is 1. The van der Waals surface area contributed by atoms with Crippen LogP contribution in [0, 0.1) is 6.92 Å². The molecule has 0 aliphatic carbocycles. The van der Waals surface area contributed by atoms with Crippen molar-refractivity contribution in [1.29, 1.82) is 0 Å². The minimum absolute atomic E-state index is 0.0872. The molecule has 0 radical (unpaired) electrons. The summed E-state index contributed by atoms with van der Waals surface area (Å²) in [5.41, 5.74) is 1.98. The molecular formula is C15H26N2O. The lowest BCUT2D eigenvalue weighted by molar-refractivity contribution is 0.128. The summed E-state index contributed by atoms with van der Waals surface area (Å²) in [6.45, 7) is 15.4. The lowest BCUT2D eigenvalue weighted by Crippen LogP contribution is -2.35. The molecule has 1 aromatic rings. The number of nitrogens with one attached hydrogen (secondary N) is 1. The van der Waals surface area contributed by atoms with E-state index in [0.717, 1.165) is 23.6 Å². The molecule has 1 N–H and O–H groups in total. The third kappa shape index (κ3) is 5.50. The number of nitrogens with zero attached hydrogens (tertiary/aromatic N) is 1. The summed E-state index contributed by atoms with van der Waals surface area (Å²) in [6, 6.07) is 2.00. The third-order valence-corrected chi connectivity index (χ3v) is 2.31. The maximum absolute atomic E-state index is 6.00. The van der Waals surface area contributed by atoms with Crippen LogP contribution in [0.1, 0.15) is 52.8 Å². The van der Waals surface area contributed by atoms with Gasteiger partial charge >= 0.3 is 0 Å². The molecule has 0 spiro atoms. The molecule has 0 aromatic carbocycles. The van der Waals surface area contributed by atoms with Crippen LogP contribution in [0.2, 0.25) is 0 Å². The van der Waals surface area contributed by atoms with E-state index in [2.05, 4.69) is 51.8 Å². The molecule has 3 nitrogen and oxygen atoms in total. The predicted molar refractivity (Wildman–Crippen MR) is 75.9 cm³/mol. The van der Waals surface area contributed by atoms with Gasteiger partial charge in [-0.2, -0.15) is 0 Å². The molecule has 3 heteroatoms. The summed E-state index contributed by atoms with van der Waals surface area (Å²) in [5.74, 6) is 0.923. The van der Waals surface area contributed by atoms with Crippen molar-refractivity contribution in [3.05, 3.63) is 23.5 Å². The second kappa shape index (κ2) is 5.27. The van der Waals surface area contributed by atoms with E-state index in [1.807, 2.05) is 19.2 Å². The maximum atomic E-state index is 6.00. The number of hydrogen-bond acceptors (Lipinski definition) is 3. The number of ether oxygens (including phenoxy) is 1. The lowest BCUT2D eigenvalue weighted by Gasteiger charge is -2.25.